The summed E-state index contributed by atoms with van der Waals surface area (Å²) >= 11 is 0. The summed E-state index contributed by atoms with van der Waals surface area (Å²) in [7, 11) is 1.18. The molecule has 0 unspecified atom stereocenters. The molecule has 0 N–H and O–H groups in total. The van der Waals surface area contributed by atoms with Gasteiger partial charge in [-0.3, -0.25) is 4.90 Å². The van der Waals surface area contributed by atoms with Crippen LogP contribution < -0.4 is 0 Å². The molecule has 0 spiro atoms. The molecule has 17 heavy (non-hydrogen) atoms. The second-order valence-corrected chi connectivity index (χ2v) is 10.6. The Hall–Kier alpha value is -0.0831. The van der Waals surface area contributed by atoms with E-state index < -0.39 is 0 Å². The fraction of sp³-hybridized carbons (Fsp3) is 0.867. The number of rotatable bonds is 4. The predicted octanol–water partition coefficient (Wildman–Crippen LogP) is 3.40. The van der Waals surface area contributed by atoms with E-state index in [0.717, 1.165) is 13.0 Å². The molecule has 0 aliphatic heterocycles. The van der Waals surface area contributed by atoms with Crippen molar-refractivity contribution in [3.8, 4) is 0 Å². The summed E-state index contributed by atoms with van der Waals surface area (Å²) in [6.45, 7) is 23.8. The molecule has 0 aromatic heterocycles. The average Bonchev–Trinajstić information content (AvgIpc) is 1.96. The summed E-state index contributed by atoms with van der Waals surface area (Å²) in [5, 5.41) is 0.363. The summed E-state index contributed by atoms with van der Waals surface area (Å²) in [5.74, 6) is 0. The molecule has 0 radical (unpaired) electrons. The number of nitrogens with zero attached hydrogens (tertiary/aromatic N) is 1. The van der Waals surface area contributed by atoms with E-state index in [1.165, 1.54) is 15.8 Å². The quantitative estimate of drug-likeness (QED) is 0.550. The third-order valence-corrected chi connectivity index (χ3v) is 4.02. The van der Waals surface area contributed by atoms with Gasteiger partial charge >= 0.3 is 0 Å². The third kappa shape index (κ3) is 5.87. The molecule has 0 heterocycles. The minimum absolute atomic E-state index is 0.216. The van der Waals surface area contributed by atoms with Crippen LogP contribution in [0.3, 0.4) is 0 Å². The Balaban J connectivity index is 4.67. The van der Waals surface area contributed by atoms with Crippen LogP contribution >= 0.6 is 0 Å². The standard InChI is InChI=1S/C15H33NSi/c1-12(15(8,9)17)10-11-16(13(2,3)4)14(5,6)7/h1,10-11H2,2-9,17H3. The van der Waals surface area contributed by atoms with Crippen LogP contribution in [-0.2, 0) is 0 Å². The summed E-state index contributed by atoms with van der Waals surface area (Å²) in [5.41, 5.74) is 1.84. The van der Waals surface area contributed by atoms with E-state index in [1.807, 2.05) is 0 Å². The average molecular weight is 256 g/mol. The first-order chi connectivity index (χ1) is 7.26. The Labute approximate surface area is 112 Å². The molecule has 0 saturated carbocycles. The van der Waals surface area contributed by atoms with E-state index in [1.54, 1.807) is 0 Å². The van der Waals surface area contributed by atoms with Crippen LogP contribution in [0, 0.1) is 0 Å². The van der Waals surface area contributed by atoms with Crippen molar-refractivity contribution in [2.75, 3.05) is 6.54 Å². The van der Waals surface area contributed by atoms with Crippen molar-refractivity contribution in [3.63, 3.8) is 0 Å². The van der Waals surface area contributed by atoms with Gasteiger partial charge in [-0.05, 0) is 53.0 Å². The Kier molecular flexibility index (Phi) is 5.25. The maximum Gasteiger partial charge on any atom is 0.0150 e. The molecule has 1 nitrogen and oxygen atoms in total. The van der Waals surface area contributed by atoms with Crippen molar-refractivity contribution >= 4 is 10.2 Å². The lowest BCUT2D eigenvalue weighted by molar-refractivity contribution is 0.0394. The second-order valence-electron chi connectivity index (χ2n) is 8.10. The highest BCUT2D eigenvalue weighted by Crippen LogP contribution is 2.33. The summed E-state index contributed by atoms with van der Waals surface area (Å²) in [6.07, 6.45) is 1.12. The van der Waals surface area contributed by atoms with Crippen molar-refractivity contribution in [2.45, 2.75) is 77.9 Å². The normalized spacial score (nSPS) is 14.4. The molecule has 0 aliphatic carbocycles. The molecule has 0 bridgehead atoms. The predicted molar refractivity (Wildman–Crippen MR) is 83.9 cm³/mol. The zero-order valence-corrected chi connectivity index (χ0v) is 15.6. The Morgan fingerprint density at radius 1 is 0.941 bits per heavy atom. The molecule has 0 aromatic carbocycles. The maximum atomic E-state index is 4.27. The highest BCUT2D eigenvalue weighted by Gasteiger charge is 2.31. The van der Waals surface area contributed by atoms with Gasteiger partial charge in [0, 0.05) is 27.9 Å². The van der Waals surface area contributed by atoms with Gasteiger partial charge in [-0.25, -0.2) is 0 Å². The highest BCUT2D eigenvalue weighted by atomic mass is 28.1. The minimum Gasteiger partial charge on any atom is -0.293 e. The van der Waals surface area contributed by atoms with Crippen molar-refractivity contribution < 1.29 is 0 Å². The van der Waals surface area contributed by atoms with Gasteiger partial charge < -0.3 is 0 Å². The largest absolute Gasteiger partial charge is 0.293 e. The lowest BCUT2D eigenvalue weighted by Gasteiger charge is -2.46. The Morgan fingerprint density at radius 3 is 1.53 bits per heavy atom. The van der Waals surface area contributed by atoms with Gasteiger partial charge in [0.05, 0.1) is 0 Å². The van der Waals surface area contributed by atoms with E-state index in [0.29, 0.717) is 5.04 Å². The third-order valence-electron chi connectivity index (χ3n) is 3.32. The SMILES string of the molecule is C=C(CCN(C(C)(C)C)C(C)(C)C)C(C)(C)[SiH3]. The first-order valence-corrected chi connectivity index (χ1v) is 7.72. The molecule has 0 amide bonds. The van der Waals surface area contributed by atoms with Gasteiger partial charge in [0.15, 0.2) is 0 Å². The van der Waals surface area contributed by atoms with Gasteiger partial charge in [0.2, 0.25) is 0 Å². The van der Waals surface area contributed by atoms with Crippen molar-refractivity contribution in [2.24, 2.45) is 0 Å². The smallest absolute Gasteiger partial charge is 0.0150 e. The summed E-state index contributed by atoms with van der Waals surface area (Å²) in [4.78, 5) is 2.58. The van der Waals surface area contributed by atoms with Crippen LogP contribution in [0.5, 0.6) is 0 Å². The molecule has 0 atom stereocenters. The van der Waals surface area contributed by atoms with Gasteiger partial charge in [-0.15, -0.1) is 0 Å². The molecule has 0 aromatic rings. The van der Waals surface area contributed by atoms with Crippen molar-refractivity contribution in [1.82, 2.24) is 4.90 Å². The van der Waals surface area contributed by atoms with Gasteiger partial charge in [-0.2, -0.15) is 0 Å². The summed E-state index contributed by atoms with van der Waals surface area (Å²) < 4.78 is 0. The van der Waals surface area contributed by atoms with Crippen LogP contribution in [0.1, 0.15) is 61.8 Å². The van der Waals surface area contributed by atoms with Crippen molar-refractivity contribution in [1.29, 1.82) is 0 Å². The van der Waals surface area contributed by atoms with Gasteiger partial charge in [0.25, 0.3) is 0 Å². The molecule has 0 aliphatic rings. The first-order valence-electron chi connectivity index (χ1n) is 6.72. The molecule has 102 valence electrons. The van der Waals surface area contributed by atoms with E-state index >= 15 is 0 Å². The first kappa shape index (κ1) is 16.9. The van der Waals surface area contributed by atoms with Gasteiger partial charge in [0.1, 0.15) is 0 Å². The van der Waals surface area contributed by atoms with Gasteiger partial charge in [-0.1, -0.05) is 26.0 Å². The zero-order valence-electron chi connectivity index (χ0n) is 13.6. The van der Waals surface area contributed by atoms with Crippen LogP contribution in [0.4, 0.5) is 0 Å². The molecular formula is C15H33NSi. The van der Waals surface area contributed by atoms with Crippen molar-refractivity contribution in [3.05, 3.63) is 12.2 Å². The van der Waals surface area contributed by atoms with Crippen LogP contribution in [0.15, 0.2) is 12.2 Å². The number of hydrogen-bond donors (Lipinski definition) is 0. The Morgan fingerprint density at radius 2 is 1.29 bits per heavy atom. The topological polar surface area (TPSA) is 3.24 Å². The van der Waals surface area contributed by atoms with E-state index in [-0.39, 0.29) is 11.1 Å². The maximum absolute atomic E-state index is 4.27. The van der Waals surface area contributed by atoms with E-state index in [9.17, 15) is 0 Å². The second kappa shape index (κ2) is 5.27. The fourth-order valence-corrected chi connectivity index (χ4v) is 2.55. The Bertz CT molecular complexity index is 246. The van der Waals surface area contributed by atoms with E-state index in [4.69, 9.17) is 0 Å². The van der Waals surface area contributed by atoms with Crippen LogP contribution in [0.2, 0.25) is 5.04 Å². The van der Waals surface area contributed by atoms with E-state index in [2.05, 4.69) is 66.9 Å². The monoisotopic (exact) mass is 255 g/mol. The minimum atomic E-state index is 0.216. The molecule has 0 rings (SSSR count). The highest BCUT2D eigenvalue weighted by molar-refractivity contribution is 6.16. The van der Waals surface area contributed by atoms with Crippen LogP contribution in [0.25, 0.3) is 0 Å². The molecule has 2 heteroatoms. The number of hydrogen-bond acceptors (Lipinski definition) is 1. The zero-order chi connectivity index (χ0) is 14.1. The molecule has 0 fully saturated rings. The molecule has 0 saturated heterocycles. The molecular weight excluding hydrogens is 222 g/mol. The lowest BCUT2D eigenvalue weighted by Crippen LogP contribution is -2.53. The fourth-order valence-electron chi connectivity index (χ4n) is 2.30. The lowest BCUT2D eigenvalue weighted by atomic mass is 9.93. The summed E-state index contributed by atoms with van der Waals surface area (Å²) in [6, 6.07) is 0. The van der Waals surface area contributed by atoms with Crippen LogP contribution in [-0.4, -0.2) is 32.8 Å².